The van der Waals surface area contributed by atoms with Crippen molar-refractivity contribution in [3.8, 4) is 5.75 Å². The standard InChI is InChI=1S/C13H10Cl2N2O3S/c14-10-2-4-11(5-3-10)21(19,20)17-16-8-9-1-6-13(18)12(15)7-9/h1-8,17-18H/b16-8+. The number of halogens is 2. The first-order valence-corrected chi connectivity index (χ1v) is 7.91. The van der Waals surface area contributed by atoms with Gasteiger partial charge in [-0.3, -0.25) is 0 Å². The van der Waals surface area contributed by atoms with Crippen LogP contribution in [0, 0.1) is 0 Å². The van der Waals surface area contributed by atoms with Crippen molar-refractivity contribution in [3.05, 3.63) is 58.1 Å². The number of phenols is 1. The van der Waals surface area contributed by atoms with Gasteiger partial charge in [0.1, 0.15) is 5.75 Å². The number of nitrogens with zero attached hydrogens (tertiary/aromatic N) is 1. The van der Waals surface area contributed by atoms with Crippen LogP contribution in [0.15, 0.2) is 52.5 Å². The Balaban J connectivity index is 2.12. The zero-order valence-corrected chi connectivity index (χ0v) is 12.8. The molecule has 5 nitrogen and oxygen atoms in total. The fraction of sp³-hybridized carbons (Fsp3) is 0. The van der Waals surface area contributed by atoms with E-state index in [1.54, 1.807) is 6.07 Å². The van der Waals surface area contributed by atoms with Crippen LogP contribution in [-0.2, 0) is 10.0 Å². The molecule has 21 heavy (non-hydrogen) atoms. The summed E-state index contributed by atoms with van der Waals surface area (Å²) in [7, 11) is -3.75. The molecule has 8 heteroatoms. The van der Waals surface area contributed by atoms with Gasteiger partial charge in [-0.2, -0.15) is 13.5 Å². The maximum atomic E-state index is 11.9. The molecule has 110 valence electrons. The van der Waals surface area contributed by atoms with Gasteiger partial charge in [-0.1, -0.05) is 23.2 Å². The Labute approximate surface area is 131 Å². The van der Waals surface area contributed by atoms with Crippen LogP contribution in [0.1, 0.15) is 5.56 Å². The Kier molecular flexibility index (Phi) is 4.72. The number of aromatic hydroxyl groups is 1. The molecule has 2 aromatic rings. The lowest BCUT2D eigenvalue weighted by Gasteiger charge is -2.03. The van der Waals surface area contributed by atoms with Gasteiger partial charge in [0.05, 0.1) is 16.1 Å². The minimum absolute atomic E-state index is 0.0489. The molecule has 0 saturated carbocycles. The Morgan fingerprint density at radius 3 is 2.38 bits per heavy atom. The normalized spacial score (nSPS) is 11.7. The van der Waals surface area contributed by atoms with Crippen molar-refractivity contribution in [1.29, 1.82) is 0 Å². The summed E-state index contributed by atoms with van der Waals surface area (Å²) in [6.07, 6.45) is 1.28. The second kappa shape index (κ2) is 6.34. The average Bonchev–Trinajstić information content (AvgIpc) is 2.43. The number of benzene rings is 2. The molecule has 0 aliphatic heterocycles. The largest absolute Gasteiger partial charge is 0.506 e. The highest BCUT2D eigenvalue weighted by atomic mass is 35.5. The molecule has 0 aromatic heterocycles. The molecule has 0 aliphatic carbocycles. The molecule has 0 heterocycles. The fourth-order valence-corrected chi connectivity index (χ4v) is 2.55. The second-order valence-electron chi connectivity index (χ2n) is 4.02. The SMILES string of the molecule is O=S(=O)(N/N=C/c1ccc(O)c(Cl)c1)c1ccc(Cl)cc1. The number of hydrogen-bond donors (Lipinski definition) is 2. The number of nitrogens with one attached hydrogen (secondary N) is 1. The van der Waals surface area contributed by atoms with Crippen LogP contribution in [0.25, 0.3) is 0 Å². The predicted molar refractivity (Wildman–Crippen MR) is 82.5 cm³/mol. The van der Waals surface area contributed by atoms with E-state index in [9.17, 15) is 13.5 Å². The smallest absolute Gasteiger partial charge is 0.276 e. The summed E-state index contributed by atoms with van der Waals surface area (Å²) in [4.78, 5) is 2.12. The van der Waals surface area contributed by atoms with Crippen LogP contribution in [0.2, 0.25) is 10.0 Å². The molecule has 0 atom stereocenters. The van der Waals surface area contributed by atoms with Gasteiger partial charge >= 0.3 is 0 Å². The van der Waals surface area contributed by atoms with Crippen LogP contribution < -0.4 is 4.83 Å². The van der Waals surface area contributed by atoms with Crippen LogP contribution >= 0.6 is 23.2 Å². The van der Waals surface area contributed by atoms with E-state index >= 15 is 0 Å². The molecule has 0 fully saturated rings. The van der Waals surface area contributed by atoms with Crippen molar-refractivity contribution in [3.63, 3.8) is 0 Å². The highest BCUT2D eigenvalue weighted by Gasteiger charge is 2.11. The van der Waals surface area contributed by atoms with Gasteiger partial charge in [-0.05, 0) is 48.0 Å². The van der Waals surface area contributed by atoms with Gasteiger partial charge in [0.2, 0.25) is 0 Å². The van der Waals surface area contributed by atoms with Crippen molar-refractivity contribution in [2.24, 2.45) is 5.10 Å². The first kappa shape index (κ1) is 15.6. The summed E-state index contributed by atoms with van der Waals surface area (Å²) in [5.41, 5.74) is 0.539. The Morgan fingerprint density at radius 2 is 1.76 bits per heavy atom. The first-order valence-electron chi connectivity index (χ1n) is 5.67. The summed E-state index contributed by atoms with van der Waals surface area (Å²) in [5, 5.41) is 13.5. The molecular formula is C13H10Cl2N2O3S. The van der Waals surface area contributed by atoms with E-state index in [1.807, 2.05) is 0 Å². The van der Waals surface area contributed by atoms with E-state index in [0.717, 1.165) is 0 Å². The molecular weight excluding hydrogens is 335 g/mol. The third-order valence-corrected chi connectivity index (χ3v) is 4.28. The van der Waals surface area contributed by atoms with Gasteiger partial charge in [0.25, 0.3) is 10.0 Å². The van der Waals surface area contributed by atoms with Crippen molar-refractivity contribution < 1.29 is 13.5 Å². The van der Waals surface area contributed by atoms with Crippen LogP contribution in [0.5, 0.6) is 5.75 Å². The van der Waals surface area contributed by atoms with E-state index in [-0.39, 0.29) is 15.7 Å². The number of hydrogen-bond acceptors (Lipinski definition) is 4. The monoisotopic (exact) mass is 344 g/mol. The number of phenolic OH excluding ortho intramolecular Hbond substituents is 1. The highest BCUT2D eigenvalue weighted by molar-refractivity contribution is 7.89. The highest BCUT2D eigenvalue weighted by Crippen LogP contribution is 2.22. The van der Waals surface area contributed by atoms with Crippen LogP contribution in [0.3, 0.4) is 0 Å². The van der Waals surface area contributed by atoms with Gasteiger partial charge in [-0.25, -0.2) is 4.83 Å². The van der Waals surface area contributed by atoms with E-state index in [1.165, 1.54) is 42.6 Å². The molecule has 0 spiro atoms. The average molecular weight is 345 g/mol. The molecule has 2 N–H and O–H groups in total. The maximum absolute atomic E-state index is 11.9. The van der Waals surface area contributed by atoms with Gasteiger partial charge in [-0.15, -0.1) is 0 Å². The minimum atomic E-state index is -3.75. The third kappa shape index (κ3) is 4.10. The first-order chi connectivity index (χ1) is 9.88. The van der Waals surface area contributed by atoms with Gasteiger partial charge < -0.3 is 5.11 Å². The topological polar surface area (TPSA) is 78.8 Å². The molecule has 0 saturated heterocycles. The van der Waals surface area contributed by atoms with Crippen LogP contribution in [-0.4, -0.2) is 19.7 Å². The molecule has 0 aliphatic rings. The Hall–Kier alpha value is -1.76. The zero-order valence-electron chi connectivity index (χ0n) is 10.5. The van der Waals surface area contributed by atoms with Crippen LogP contribution in [0.4, 0.5) is 0 Å². The summed E-state index contributed by atoms with van der Waals surface area (Å²) in [6, 6.07) is 10.1. The molecule has 0 amide bonds. The Bertz CT molecular complexity index is 775. The summed E-state index contributed by atoms with van der Waals surface area (Å²) >= 11 is 11.4. The molecule has 0 bridgehead atoms. The summed E-state index contributed by atoms with van der Waals surface area (Å²) < 4.78 is 23.8. The summed E-state index contributed by atoms with van der Waals surface area (Å²) in [6.45, 7) is 0. The summed E-state index contributed by atoms with van der Waals surface area (Å²) in [5.74, 6) is -0.0597. The lowest BCUT2D eigenvalue weighted by atomic mass is 10.2. The second-order valence-corrected chi connectivity index (χ2v) is 6.52. The van der Waals surface area contributed by atoms with Crippen molar-refractivity contribution in [2.75, 3.05) is 0 Å². The van der Waals surface area contributed by atoms with Crippen molar-refractivity contribution in [1.82, 2.24) is 4.83 Å². The van der Waals surface area contributed by atoms with E-state index in [0.29, 0.717) is 10.6 Å². The number of hydrazone groups is 1. The maximum Gasteiger partial charge on any atom is 0.276 e. The zero-order chi connectivity index (χ0) is 15.5. The molecule has 0 unspecified atom stereocenters. The minimum Gasteiger partial charge on any atom is -0.506 e. The van der Waals surface area contributed by atoms with E-state index in [4.69, 9.17) is 23.2 Å². The Morgan fingerprint density at radius 1 is 1.10 bits per heavy atom. The molecule has 2 rings (SSSR count). The van der Waals surface area contributed by atoms with Gasteiger partial charge in [0.15, 0.2) is 0 Å². The number of sulfonamides is 1. The molecule has 0 radical (unpaired) electrons. The third-order valence-electron chi connectivity index (χ3n) is 2.48. The van der Waals surface area contributed by atoms with E-state index in [2.05, 4.69) is 9.93 Å². The molecule has 2 aromatic carbocycles. The predicted octanol–water partition coefficient (Wildman–Crippen LogP) is 3.01. The van der Waals surface area contributed by atoms with Crippen molar-refractivity contribution >= 4 is 39.4 Å². The lowest BCUT2D eigenvalue weighted by Crippen LogP contribution is -2.18. The number of rotatable bonds is 4. The quantitative estimate of drug-likeness (QED) is 0.660. The van der Waals surface area contributed by atoms with Crippen molar-refractivity contribution in [2.45, 2.75) is 4.90 Å². The fourth-order valence-electron chi connectivity index (χ4n) is 1.44. The lowest BCUT2D eigenvalue weighted by molar-refractivity contribution is 0.475. The van der Waals surface area contributed by atoms with E-state index < -0.39 is 10.0 Å². The van der Waals surface area contributed by atoms with Gasteiger partial charge in [0, 0.05) is 5.02 Å².